The molecule has 2 aliphatic rings. The third kappa shape index (κ3) is 5.21. The first-order chi connectivity index (χ1) is 14.4. The number of aromatic nitrogens is 2. The molecule has 2 heterocycles. The molecule has 1 aliphatic heterocycles. The SMILES string of the molecule is O=CN(O)C[C@@H](CC1CCCC1)C(=O)N1C[C@H](F)C[C@H]1C(=O)Nc1cccn[n+]1O. The van der Waals surface area contributed by atoms with E-state index in [1.165, 1.54) is 23.2 Å². The highest BCUT2D eigenvalue weighted by Gasteiger charge is 2.44. The average Bonchev–Trinajstić information content (AvgIpc) is 3.38. The minimum absolute atomic E-state index is 0.0119. The quantitative estimate of drug-likeness (QED) is 0.184. The zero-order chi connectivity index (χ0) is 21.7. The lowest BCUT2D eigenvalue weighted by molar-refractivity contribution is -0.937. The van der Waals surface area contributed by atoms with Gasteiger partial charge in [0.2, 0.25) is 12.3 Å². The van der Waals surface area contributed by atoms with E-state index < -0.39 is 29.9 Å². The number of anilines is 1. The summed E-state index contributed by atoms with van der Waals surface area (Å²) in [5.74, 6) is -1.56. The fourth-order valence-corrected chi connectivity index (χ4v) is 4.35. The van der Waals surface area contributed by atoms with Gasteiger partial charge in [0, 0.05) is 12.5 Å². The van der Waals surface area contributed by atoms with Crippen LogP contribution in [0.4, 0.5) is 10.2 Å². The van der Waals surface area contributed by atoms with Gasteiger partial charge in [0.1, 0.15) is 12.2 Å². The van der Waals surface area contributed by atoms with Crippen LogP contribution in [-0.4, -0.2) is 69.0 Å². The van der Waals surface area contributed by atoms with Gasteiger partial charge in [0.15, 0.2) is 0 Å². The zero-order valence-corrected chi connectivity index (χ0v) is 16.6. The molecule has 1 aromatic rings. The Bertz CT molecular complexity index is 775. The van der Waals surface area contributed by atoms with E-state index in [1.807, 2.05) is 0 Å². The Labute approximate surface area is 173 Å². The molecule has 164 valence electrons. The number of halogens is 1. The number of nitrogens with one attached hydrogen (secondary N) is 1. The second-order valence-electron chi connectivity index (χ2n) is 7.94. The van der Waals surface area contributed by atoms with Gasteiger partial charge in [-0.1, -0.05) is 25.7 Å². The molecule has 2 fully saturated rings. The number of hydrogen-bond donors (Lipinski definition) is 3. The summed E-state index contributed by atoms with van der Waals surface area (Å²) in [4.78, 5) is 38.5. The number of amides is 3. The summed E-state index contributed by atoms with van der Waals surface area (Å²) in [6.45, 7) is -0.448. The summed E-state index contributed by atoms with van der Waals surface area (Å²) in [6.07, 6.45) is 4.52. The molecule has 0 radical (unpaired) electrons. The molecule has 3 N–H and O–H groups in total. The van der Waals surface area contributed by atoms with Crippen molar-refractivity contribution in [1.82, 2.24) is 15.1 Å². The third-order valence-electron chi connectivity index (χ3n) is 5.79. The van der Waals surface area contributed by atoms with Crippen molar-refractivity contribution in [1.29, 1.82) is 0 Å². The number of carbonyl (C=O) groups is 3. The van der Waals surface area contributed by atoms with Crippen LogP contribution in [0, 0.1) is 11.8 Å². The van der Waals surface area contributed by atoms with Crippen LogP contribution in [0.2, 0.25) is 0 Å². The van der Waals surface area contributed by atoms with E-state index in [0.717, 1.165) is 25.7 Å². The van der Waals surface area contributed by atoms with Crippen LogP contribution in [0.3, 0.4) is 0 Å². The predicted octanol–water partition coefficient (Wildman–Crippen LogP) is 0.528. The van der Waals surface area contributed by atoms with Crippen LogP contribution >= 0.6 is 0 Å². The van der Waals surface area contributed by atoms with Crippen molar-refractivity contribution >= 4 is 24.0 Å². The fourth-order valence-electron chi connectivity index (χ4n) is 4.35. The minimum atomic E-state index is -1.37. The van der Waals surface area contributed by atoms with Crippen molar-refractivity contribution in [3.05, 3.63) is 18.3 Å². The van der Waals surface area contributed by atoms with E-state index >= 15 is 0 Å². The van der Waals surface area contributed by atoms with Gasteiger partial charge in [0.25, 0.3) is 0 Å². The van der Waals surface area contributed by atoms with Gasteiger partial charge in [-0.2, -0.15) is 0 Å². The topological polar surface area (TPSA) is 127 Å². The van der Waals surface area contributed by atoms with Gasteiger partial charge in [-0.05, 0) is 23.5 Å². The maximum Gasteiger partial charge on any atom is 0.346 e. The minimum Gasteiger partial charge on any atom is -0.329 e. The van der Waals surface area contributed by atoms with E-state index in [-0.39, 0.29) is 31.7 Å². The van der Waals surface area contributed by atoms with Crippen LogP contribution in [0.5, 0.6) is 0 Å². The molecule has 1 aliphatic carbocycles. The summed E-state index contributed by atoms with van der Waals surface area (Å²) < 4.78 is 14.2. The second-order valence-corrected chi connectivity index (χ2v) is 7.94. The lowest BCUT2D eigenvalue weighted by atomic mass is 9.91. The van der Waals surface area contributed by atoms with Gasteiger partial charge in [-0.25, -0.2) is 19.6 Å². The van der Waals surface area contributed by atoms with E-state index in [9.17, 15) is 29.2 Å². The molecule has 0 aromatic carbocycles. The van der Waals surface area contributed by atoms with E-state index in [0.29, 0.717) is 22.2 Å². The molecule has 0 unspecified atom stereocenters. The molecular formula is C19H27FN5O5+. The molecule has 3 amide bonds. The number of likely N-dealkylation sites (tertiary alicyclic amines) is 1. The van der Waals surface area contributed by atoms with E-state index in [4.69, 9.17) is 0 Å². The van der Waals surface area contributed by atoms with E-state index in [1.54, 1.807) is 0 Å². The fraction of sp³-hybridized carbons (Fsp3) is 0.632. The number of rotatable bonds is 8. The molecular weight excluding hydrogens is 397 g/mol. The Hall–Kier alpha value is -2.82. The number of carbonyl (C=O) groups excluding carboxylic acids is 3. The Morgan fingerprint density at radius 1 is 1.43 bits per heavy atom. The van der Waals surface area contributed by atoms with Gasteiger partial charge < -0.3 is 10.1 Å². The van der Waals surface area contributed by atoms with Crippen molar-refractivity contribution in [3.8, 4) is 0 Å². The van der Waals surface area contributed by atoms with Crippen LogP contribution < -0.4 is 10.2 Å². The molecule has 1 saturated carbocycles. The lowest BCUT2D eigenvalue weighted by Crippen LogP contribution is -2.49. The Kier molecular flexibility index (Phi) is 7.14. The van der Waals surface area contributed by atoms with E-state index in [2.05, 4.69) is 10.4 Å². The summed E-state index contributed by atoms with van der Waals surface area (Å²) in [7, 11) is 0. The van der Waals surface area contributed by atoms with Crippen molar-refractivity contribution in [2.75, 3.05) is 18.4 Å². The maximum atomic E-state index is 14.2. The first-order valence-electron chi connectivity index (χ1n) is 10.1. The van der Waals surface area contributed by atoms with Gasteiger partial charge in [-0.3, -0.25) is 14.8 Å². The summed E-state index contributed by atoms with van der Waals surface area (Å²) in [5.41, 5.74) is 0. The van der Waals surface area contributed by atoms with Crippen molar-refractivity contribution in [2.45, 2.75) is 50.7 Å². The summed E-state index contributed by atoms with van der Waals surface area (Å²) >= 11 is 0. The van der Waals surface area contributed by atoms with Gasteiger partial charge >= 0.3 is 11.7 Å². The third-order valence-corrected chi connectivity index (χ3v) is 5.79. The predicted molar refractivity (Wildman–Crippen MR) is 99.9 cm³/mol. The molecule has 0 bridgehead atoms. The van der Waals surface area contributed by atoms with Gasteiger partial charge in [0.05, 0.1) is 30.0 Å². The molecule has 3 atom stereocenters. The molecule has 1 aromatic heterocycles. The van der Waals surface area contributed by atoms with Gasteiger partial charge in [-0.15, -0.1) is 0 Å². The number of nitrogens with zero attached hydrogens (tertiary/aromatic N) is 4. The zero-order valence-electron chi connectivity index (χ0n) is 16.6. The summed E-state index contributed by atoms with van der Waals surface area (Å²) in [6, 6.07) is 1.85. The first-order valence-corrected chi connectivity index (χ1v) is 10.1. The number of hydrogen-bond acceptors (Lipinski definition) is 6. The second kappa shape index (κ2) is 9.79. The Balaban J connectivity index is 1.74. The van der Waals surface area contributed by atoms with Crippen LogP contribution in [0.15, 0.2) is 18.3 Å². The largest absolute Gasteiger partial charge is 0.346 e. The standard InChI is InChI=1S/C19H26FN5O5/c20-15-9-16(18(27)22-17-6-3-7-21-25(17)30)24(11-15)19(28)14(10-23(29)12-26)8-13-4-1-2-5-13/h3,6-7,12-16,29-30H,1-2,4-5,8-11H2/p+1/t14-,15-,16+/m1/s1. The van der Waals surface area contributed by atoms with Crippen LogP contribution in [0.1, 0.15) is 38.5 Å². The van der Waals surface area contributed by atoms with Crippen molar-refractivity contribution < 1.29 is 34.0 Å². The Morgan fingerprint density at radius 3 is 2.83 bits per heavy atom. The van der Waals surface area contributed by atoms with Crippen molar-refractivity contribution in [2.24, 2.45) is 11.8 Å². The molecule has 10 nitrogen and oxygen atoms in total. The highest BCUT2D eigenvalue weighted by molar-refractivity contribution is 5.97. The molecule has 1 saturated heterocycles. The lowest BCUT2D eigenvalue weighted by Gasteiger charge is -2.29. The molecule has 0 spiro atoms. The number of alkyl halides is 1. The number of hydroxylamine groups is 2. The highest BCUT2D eigenvalue weighted by atomic mass is 19.1. The molecule has 3 rings (SSSR count). The summed E-state index contributed by atoms with van der Waals surface area (Å²) in [5, 5.41) is 25.8. The Morgan fingerprint density at radius 2 is 2.17 bits per heavy atom. The monoisotopic (exact) mass is 424 g/mol. The highest BCUT2D eigenvalue weighted by Crippen LogP contribution is 2.32. The maximum absolute atomic E-state index is 14.2. The van der Waals surface area contributed by atoms with Crippen LogP contribution in [0.25, 0.3) is 0 Å². The average molecular weight is 424 g/mol. The molecule has 30 heavy (non-hydrogen) atoms. The van der Waals surface area contributed by atoms with Crippen LogP contribution in [-0.2, 0) is 14.4 Å². The van der Waals surface area contributed by atoms with Crippen molar-refractivity contribution in [3.63, 3.8) is 0 Å². The first kappa shape index (κ1) is 21.9. The normalized spacial score (nSPS) is 22.7. The molecule has 11 heteroatoms. The smallest absolute Gasteiger partial charge is 0.329 e.